The van der Waals surface area contributed by atoms with Crippen LogP contribution in [0.4, 0.5) is 10.1 Å². The molecule has 0 fully saturated rings. The maximum Gasteiger partial charge on any atom is 0.305 e. The van der Waals surface area contributed by atoms with Gasteiger partial charge in [-0.2, -0.15) is 0 Å². The van der Waals surface area contributed by atoms with Gasteiger partial charge in [-0.1, -0.05) is 37.3 Å². The summed E-state index contributed by atoms with van der Waals surface area (Å²) in [6.07, 6.45) is -0.698. The number of aryl methyl sites for hydroxylation is 1. The summed E-state index contributed by atoms with van der Waals surface area (Å²) in [5.74, 6) is -1.67. The molecule has 5 nitrogen and oxygen atoms in total. The van der Waals surface area contributed by atoms with E-state index < -0.39 is 23.9 Å². The van der Waals surface area contributed by atoms with E-state index in [1.165, 1.54) is 13.0 Å². The summed E-state index contributed by atoms with van der Waals surface area (Å²) in [6.45, 7) is 3.15. The molecule has 1 aliphatic heterocycles. The van der Waals surface area contributed by atoms with E-state index in [4.69, 9.17) is 4.74 Å². The number of aliphatic imine (C=N–C) groups is 1. The number of nitrogens with zero attached hydrogens (tertiary/aromatic N) is 1. The second-order valence-corrected chi connectivity index (χ2v) is 5.60. The van der Waals surface area contributed by atoms with Crippen LogP contribution in [0.1, 0.15) is 30.5 Å². The minimum Gasteiger partial charge on any atom is -0.430 e. The molecule has 1 heterocycles. The molecular formula is C19H17FN2O3. The summed E-state index contributed by atoms with van der Waals surface area (Å²) in [6, 6.07) is 11.6. The van der Waals surface area contributed by atoms with E-state index in [0.717, 1.165) is 5.56 Å². The molecule has 0 bridgehead atoms. The van der Waals surface area contributed by atoms with Crippen molar-refractivity contribution in [1.82, 2.24) is 0 Å². The Labute approximate surface area is 144 Å². The van der Waals surface area contributed by atoms with Crippen molar-refractivity contribution in [2.24, 2.45) is 4.99 Å². The third kappa shape index (κ3) is 3.28. The Hall–Kier alpha value is -3.02. The summed E-state index contributed by atoms with van der Waals surface area (Å²) in [5, 5.41) is 2.76. The lowest BCUT2D eigenvalue weighted by molar-refractivity contribution is -0.151. The molecule has 1 unspecified atom stereocenters. The smallest absolute Gasteiger partial charge is 0.305 e. The highest BCUT2D eigenvalue weighted by Gasteiger charge is 2.29. The number of fused-ring (bicyclic) bond motifs is 1. The summed E-state index contributed by atoms with van der Waals surface area (Å²) < 4.78 is 19.4. The van der Waals surface area contributed by atoms with Crippen molar-refractivity contribution >= 4 is 23.3 Å². The molecular weight excluding hydrogens is 323 g/mol. The number of halogens is 1. The normalized spacial score (nSPS) is 16.4. The highest BCUT2D eigenvalue weighted by molar-refractivity contribution is 6.20. The number of esters is 1. The summed E-state index contributed by atoms with van der Waals surface area (Å²) in [5.41, 5.74) is 2.55. The van der Waals surface area contributed by atoms with E-state index in [9.17, 15) is 14.0 Å². The van der Waals surface area contributed by atoms with Crippen LogP contribution in [-0.4, -0.2) is 23.8 Å². The third-order valence-electron chi connectivity index (χ3n) is 3.91. The molecule has 6 heteroatoms. The first-order valence-corrected chi connectivity index (χ1v) is 7.94. The molecule has 2 aromatic rings. The molecule has 0 radical (unpaired) electrons. The number of nitrogens with one attached hydrogen (secondary N) is 1. The Morgan fingerprint density at radius 1 is 1.20 bits per heavy atom. The number of amides is 1. The van der Waals surface area contributed by atoms with Crippen LogP contribution in [0.3, 0.4) is 0 Å². The van der Waals surface area contributed by atoms with Gasteiger partial charge in [0.2, 0.25) is 0 Å². The minimum absolute atomic E-state index is 0.241. The van der Waals surface area contributed by atoms with Gasteiger partial charge < -0.3 is 10.1 Å². The number of hydrogen-bond acceptors (Lipinski definition) is 4. The van der Waals surface area contributed by atoms with Crippen molar-refractivity contribution in [2.75, 3.05) is 5.32 Å². The van der Waals surface area contributed by atoms with Crippen LogP contribution >= 0.6 is 0 Å². The second-order valence-electron chi connectivity index (χ2n) is 5.60. The first kappa shape index (κ1) is 16.8. The predicted octanol–water partition coefficient (Wildman–Crippen LogP) is 3.07. The number of hydrogen-bond donors (Lipinski definition) is 1. The maximum absolute atomic E-state index is 14.4. The molecule has 0 saturated carbocycles. The number of rotatable bonds is 3. The Kier molecular flexibility index (Phi) is 4.61. The lowest BCUT2D eigenvalue weighted by Gasteiger charge is -2.14. The zero-order chi connectivity index (χ0) is 18.0. The van der Waals surface area contributed by atoms with E-state index >= 15 is 0 Å². The standard InChI is InChI=1S/C19H17FN2O3/c1-3-12-7-6-9-14-16(12)21-18(24)19(25-11(2)23)22-17(14)13-8-4-5-10-15(13)20/h4-10,19H,3H2,1-2H3,(H,21,24). The van der Waals surface area contributed by atoms with Crippen molar-refractivity contribution in [2.45, 2.75) is 26.5 Å². The van der Waals surface area contributed by atoms with Crippen LogP contribution in [0.15, 0.2) is 47.5 Å². The monoisotopic (exact) mass is 340 g/mol. The Bertz CT molecular complexity index is 877. The minimum atomic E-state index is -1.37. The molecule has 128 valence electrons. The summed E-state index contributed by atoms with van der Waals surface area (Å²) in [7, 11) is 0. The van der Waals surface area contributed by atoms with Crippen molar-refractivity contribution in [1.29, 1.82) is 0 Å². The molecule has 0 saturated heterocycles. The number of ether oxygens (including phenoxy) is 1. The number of carbonyl (C=O) groups is 2. The average molecular weight is 340 g/mol. The molecule has 0 aromatic heterocycles. The first-order chi connectivity index (χ1) is 12.0. The third-order valence-corrected chi connectivity index (χ3v) is 3.91. The van der Waals surface area contributed by atoms with Gasteiger partial charge in [0.15, 0.2) is 0 Å². The fourth-order valence-electron chi connectivity index (χ4n) is 2.78. The summed E-state index contributed by atoms with van der Waals surface area (Å²) in [4.78, 5) is 28.0. The Morgan fingerprint density at radius 3 is 2.60 bits per heavy atom. The van der Waals surface area contributed by atoms with Crippen LogP contribution < -0.4 is 5.32 Å². The predicted molar refractivity (Wildman–Crippen MR) is 92.0 cm³/mol. The molecule has 0 spiro atoms. The van der Waals surface area contributed by atoms with Gasteiger partial charge in [0.1, 0.15) is 5.82 Å². The maximum atomic E-state index is 14.4. The number of benzene rings is 2. The van der Waals surface area contributed by atoms with E-state index in [1.54, 1.807) is 24.3 Å². The van der Waals surface area contributed by atoms with Gasteiger partial charge in [0.05, 0.1) is 11.4 Å². The molecule has 2 aromatic carbocycles. The van der Waals surface area contributed by atoms with Crippen LogP contribution in [0.5, 0.6) is 0 Å². The number of anilines is 1. The van der Waals surface area contributed by atoms with Gasteiger partial charge in [0, 0.05) is 18.1 Å². The van der Waals surface area contributed by atoms with Gasteiger partial charge >= 0.3 is 5.97 Å². The summed E-state index contributed by atoms with van der Waals surface area (Å²) >= 11 is 0. The van der Waals surface area contributed by atoms with Crippen LogP contribution in [0.2, 0.25) is 0 Å². The number of carbonyl (C=O) groups excluding carboxylic acids is 2. The average Bonchev–Trinajstić information content (AvgIpc) is 2.72. The van der Waals surface area contributed by atoms with Gasteiger partial charge in [-0.15, -0.1) is 0 Å². The lowest BCUT2D eigenvalue weighted by Crippen LogP contribution is -2.30. The van der Waals surface area contributed by atoms with E-state index in [0.29, 0.717) is 17.7 Å². The zero-order valence-corrected chi connectivity index (χ0v) is 13.9. The van der Waals surface area contributed by atoms with Gasteiger partial charge in [-0.25, -0.2) is 9.38 Å². The quantitative estimate of drug-likeness (QED) is 0.873. The van der Waals surface area contributed by atoms with Crippen molar-refractivity contribution in [3.8, 4) is 0 Å². The van der Waals surface area contributed by atoms with Crippen LogP contribution in [0, 0.1) is 5.82 Å². The fraction of sp³-hybridized carbons (Fsp3) is 0.211. The molecule has 1 amide bonds. The Morgan fingerprint density at radius 2 is 1.92 bits per heavy atom. The van der Waals surface area contributed by atoms with Crippen molar-refractivity contribution in [3.63, 3.8) is 0 Å². The fourth-order valence-corrected chi connectivity index (χ4v) is 2.78. The largest absolute Gasteiger partial charge is 0.430 e. The molecule has 3 rings (SSSR count). The van der Waals surface area contributed by atoms with E-state index in [1.807, 2.05) is 19.1 Å². The molecule has 1 atom stereocenters. The molecule has 1 aliphatic rings. The first-order valence-electron chi connectivity index (χ1n) is 7.94. The Balaban J connectivity index is 2.24. The topological polar surface area (TPSA) is 67.8 Å². The van der Waals surface area contributed by atoms with E-state index in [-0.39, 0.29) is 11.3 Å². The van der Waals surface area contributed by atoms with Crippen LogP contribution in [-0.2, 0) is 20.7 Å². The highest BCUT2D eigenvalue weighted by atomic mass is 19.1. The SMILES string of the molecule is CCc1cccc2c1NC(=O)C(OC(C)=O)N=C2c1ccccc1F. The molecule has 25 heavy (non-hydrogen) atoms. The van der Waals surface area contributed by atoms with E-state index in [2.05, 4.69) is 10.3 Å². The van der Waals surface area contributed by atoms with Crippen molar-refractivity contribution < 1.29 is 18.7 Å². The lowest BCUT2D eigenvalue weighted by atomic mass is 9.96. The van der Waals surface area contributed by atoms with Gasteiger partial charge in [-0.3, -0.25) is 9.59 Å². The highest BCUT2D eigenvalue weighted by Crippen LogP contribution is 2.29. The van der Waals surface area contributed by atoms with Crippen molar-refractivity contribution in [3.05, 3.63) is 65.0 Å². The molecule has 1 N–H and O–H groups in total. The van der Waals surface area contributed by atoms with Crippen LogP contribution in [0.25, 0.3) is 0 Å². The molecule has 0 aliphatic carbocycles. The number of benzodiazepines with no additional fused rings is 1. The van der Waals surface area contributed by atoms with Gasteiger partial charge in [0.25, 0.3) is 12.1 Å². The second kappa shape index (κ2) is 6.84. The number of para-hydroxylation sites is 1. The van der Waals surface area contributed by atoms with Gasteiger partial charge in [-0.05, 0) is 24.1 Å². The zero-order valence-electron chi connectivity index (χ0n) is 13.9.